The van der Waals surface area contributed by atoms with E-state index in [0.717, 1.165) is 36.2 Å². The van der Waals surface area contributed by atoms with E-state index < -0.39 is 11.4 Å². The van der Waals surface area contributed by atoms with Crippen molar-refractivity contribution in [2.75, 3.05) is 18.4 Å². The Morgan fingerprint density at radius 3 is 2.77 bits per heavy atom. The van der Waals surface area contributed by atoms with E-state index in [9.17, 15) is 14.4 Å². The average Bonchev–Trinajstić information content (AvgIpc) is 2.86. The van der Waals surface area contributed by atoms with Crippen LogP contribution in [0, 0.1) is 24.1 Å². The van der Waals surface area contributed by atoms with E-state index >= 15 is 0 Å². The highest BCUT2D eigenvalue weighted by atomic mass is 35.5. The molecule has 1 saturated heterocycles. The summed E-state index contributed by atoms with van der Waals surface area (Å²) in [5.41, 5.74) is 2.93. The first-order valence-corrected chi connectivity index (χ1v) is 11.7. The molecule has 0 aliphatic carbocycles. The van der Waals surface area contributed by atoms with Crippen molar-refractivity contribution < 1.29 is 4.39 Å². The quantitative estimate of drug-likeness (QED) is 0.421. The summed E-state index contributed by atoms with van der Waals surface area (Å²) in [6.45, 7) is 4.15. The van der Waals surface area contributed by atoms with Crippen molar-refractivity contribution in [2.24, 2.45) is 0 Å². The normalized spacial score (nSPS) is 14.1. The zero-order valence-corrected chi connectivity index (χ0v) is 19.7. The molecule has 2 aromatic carbocycles. The van der Waals surface area contributed by atoms with Crippen molar-refractivity contribution in [1.82, 2.24) is 19.9 Å². The van der Waals surface area contributed by atoms with Gasteiger partial charge in [-0.15, -0.1) is 0 Å². The van der Waals surface area contributed by atoms with Gasteiger partial charge in [-0.1, -0.05) is 23.7 Å². The number of nitrogens with one attached hydrogen (secondary N) is 2. The van der Waals surface area contributed by atoms with Crippen LogP contribution in [0.1, 0.15) is 35.4 Å². The smallest absolute Gasteiger partial charge is 0.266 e. The van der Waals surface area contributed by atoms with Gasteiger partial charge in [-0.3, -0.25) is 9.36 Å². The average molecular weight is 489 g/mol. The van der Waals surface area contributed by atoms with Crippen molar-refractivity contribution in [2.45, 2.75) is 25.7 Å². The minimum absolute atomic E-state index is 0.0536. The van der Waals surface area contributed by atoms with Crippen LogP contribution >= 0.6 is 11.6 Å². The van der Waals surface area contributed by atoms with Crippen LogP contribution in [-0.2, 0) is 0 Å². The second-order valence-electron chi connectivity index (χ2n) is 8.58. The number of nitrogens with zero attached hydrogens (tertiary/aromatic N) is 4. The SMILES string of the molecule is Cc1cc(Nc2ncc3c(=O)n(-c4c(F)cccc4Cl)cc(C#N)c3n2)ccc1C1CCNCC1. The van der Waals surface area contributed by atoms with Crippen LogP contribution in [-0.4, -0.2) is 27.6 Å². The van der Waals surface area contributed by atoms with Crippen molar-refractivity contribution >= 4 is 34.1 Å². The summed E-state index contributed by atoms with van der Waals surface area (Å²) in [6, 6.07) is 12.3. The maximum atomic E-state index is 14.5. The molecule has 1 aliphatic heterocycles. The van der Waals surface area contributed by atoms with E-state index in [-0.39, 0.29) is 33.1 Å². The molecule has 2 aromatic heterocycles. The molecule has 176 valence electrons. The second kappa shape index (κ2) is 9.45. The molecule has 0 spiro atoms. The molecule has 7 nitrogen and oxygen atoms in total. The maximum absolute atomic E-state index is 14.5. The highest BCUT2D eigenvalue weighted by molar-refractivity contribution is 6.32. The van der Waals surface area contributed by atoms with E-state index in [4.69, 9.17) is 11.6 Å². The first-order chi connectivity index (χ1) is 17.0. The Morgan fingerprint density at radius 1 is 1.26 bits per heavy atom. The van der Waals surface area contributed by atoms with Gasteiger partial charge in [0, 0.05) is 18.1 Å². The molecular weight excluding hydrogens is 467 g/mol. The highest BCUT2D eigenvalue weighted by Gasteiger charge is 2.19. The fraction of sp³-hybridized carbons (Fsp3) is 0.231. The molecule has 5 rings (SSSR count). The number of para-hydroxylation sites is 1. The molecule has 0 unspecified atom stereocenters. The Morgan fingerprint density at radius 2 is 2.06 bits per heavy atom. The summed E-state index contributed by atoms with van der Waals surface area (Å²) in [5, 5.41) is 16.4. The lowest BCUT2D eigenvalue weighted by atomic mass is 9.87. The third-order valence-corrected chi connectivity index (χ3v) is 6.66. The number of nitriles is 1. The molecule has 1 aliphatic rings. The number of piperidine rings is 1. The predicted octanol–water partition coefficient (Wildman–Crippen LogP) is 4.96. The Bertz CT molecular complexity index is 1520. The van der Waals surface area contributed by atoms with E-state index in [1.807, 2.05) is 18.2 Å². The summed E-state index contributed by atoms with van der Waals surface area (Å²) in [5.74, 6) is 0.125. The number of halogens is 2. The maximum Gasteiger partial charge on any atom is 0.266 e. The number of anilines is 2. The fourth-order valence-electron chi connectivity index (χ4n) is 4.62. The van der Waals surface area contributed by atoms with E-state index in [1.165, 1.54) is 41.7 Å². The first kappa shape index (κ1) is 23.0. The summed E-state index contributed by atoms with van der Waals surface area (Å²) in [4.78, 5) is 21.8. The van der Waals surface area contributed by atoms with Gasteiger partial charge in [0.2, 0.25) is 5.95 Å². The monoisotopic (exact) mass is 488 g/mol. The molecular formula is C26H22ClFN6O. The molecule has 1 fully saturated rings. The molecule has 3 heterocycles. The van der Waals surface area contributed by atoms with Gasteiger partial charge < -0.3 is 10.6 Å². The van der Waals surface area contributed by atoms with Crippen LogP contribution in [0.15, 0.2) is 53.6 Å². The van der Waals surface area contributed by atoms with Crippen molar-refractivity contribution in [3.05, 3.63) is 86.7 Å². The first-order valence-electron chi connectivity index (χ1n) is 11.3. The number of hydrogen-bond acceptors (Lipinski definition) is 6. The van der Waals surface area contributed by atoms with Crippen LogP contribution in [0.25, 0.3) is 16.6 Å². The third-order valence-electron chi connectivity index (χ3n) is 6.36. The molecule has 35 heavy (non-hydrogen) atoms. The van der Waals surface area contributed by atoms with Gasteiger partial charge in [0.1, 0.15) is 23.1 Å². The van der Waals surface area contributed by atoms with Crippen molar-refractivity contribution in [3.8, 4) is 11.8 Å². The van der Waals surface area contributed by atoms with Crippen molar-refractivity contribution in [3.63, 3.8) is 0 Å². The molecule has 0 amide bonds. The Labute approximate surface area is 206 Å². The number of fused-ring (bicyclic) bond motifs is 1. The molecule has 0 radical (unpaired) electrons. The zero-order chi connectivity index (χ0) is 24.5. The zero-order valence-electron chi connectivity index (χ0n) is 19.0. The lowest BCUT2D eigenvalue weighted by molar-refractivity contribution is 0.459. The van der Waals surface area contributed by atoms with Crippen molar-refractivity contribution in [1.29, 1.82) is 5.26 Å². The van der Waals surface area contributed by atoms with E-state index in [1.54, 1.807) is 0 Å². The molecule has 0 saturated carbocycles. The van der Waals surface area contributed by atoms with Crippen LogP contribution in [0.5, 0.6) is 0 Å². The molecule has 0 bridgehead atoms. The van der Waals surface area contributed by atoms with Gasteiger partial charge in [0.15, 0.2) is 0 Å². The van der Waals surface area contributed by atoms with Crippen LogP contribution in [0.4, 0.5) is 16.0 Å². The van der Waals surface area contributed by atoms with E-state index in [2.05, 4.69) is 33.6 Å². The van der Waals surface area contributed by atoms with Gasteiger partial charge in [0.25, 0.3) is 5.56 Å². The summed E-state index contributed by atoms with van der Waals surface area (Å²) < 4.78 is 15.5. The van der Waals surface area contributed by atoms with Crippen LogP contribution in [0.3, 0.4) is 0 Å². The topological polar surface area (TPSA) is 95.6 Å². The van der Waals surface area contributed by atoms with Gasteiger partial charge >= 0.3 is 0 Å². The molecule has 2 N–H and O–H groups in total. The van der Waals surface area contributed by atoms with Gasteiger partial charge in [0.05, 0.1) is 16.0 Å². The number of benzene rings is 2. The van der Waals surface area contributed by atoms with E-state index in [0.29, 0.717) is 5.92 Å². The lowest BCUT2D eigenvalue weighted by Gasteiger charge is -2.24. The number of hydrogen-bond donors (Lipinski definition) is 2. The Balaban J connectivity index is 1.51. The Hall–Kier alpha value is -3.80. The summed E-state index contributed by atoms with van der Waals surface area (Å²) >= 11 is 6.14. The number of aromatic nitrogens is 3. The van der Waals surface area contributed by atoms with Gasteiger partial charge in [-0.05, 0) is 74.2 Å². The number of aryl methyl sites for hydroxylation is 1. The lowest BCUT2D eigenvalue weighted by Crippen LogP contribution is -2.26. The third kappa shape index (κ3) is 4.36. The standard InChI is InChI=1S/C26H22ClFN6O/c1-15-11-18(5-6-19(15)16-7-9-30-10-8-16)32-26-31-13-20-23(33-26)17(12-29)14-34(25(20)35)24-21(27)3-2-4-22(24)28/h2-6,11,13-14,16,30H,7-10H2,1H3,(H,31,32,33). The van der Waals surface area contributed by atoms with Crippen LogP contribution in [0.2, 0.25) is 5.02 Å². The molecule has 9 heteroatoms. The minimum Gasteiger partial charge on any atom is -0.324 e. The molecule has 0 atom stereocenters. The van der Waals surface area contributed by atoms with Gasteiger partial charge in [-0.25, -0.2) is 14.4 Å². The fourth-order valence-corrected chi connectivity index (χ4v) is 4.88. The Kier molecular flexibility index (Phi) is 6.20. The number of rotatable bonds is 4. The molecule has 4 aromatic rings. The van der Waals surface area contributed by atoms with Gasteiger partial charge in [-0.2, -0.15) is 5.26 Å². The number of pyridine rings is 1. The largest absolute Gasteiger partial charge is 0.324 e. The predicted molar refractivity (Wildman–Crippen MR) is 134 cm³/mol. The summed E-state index contributed by atoms with van der Waals surface area (Å²) in [6.07, 6.45) is 4.83. The second-order valence-corrected chi connectivity index (χ2v) is 8.98. The van der Waals surface area contributed by atoms with Crippen LogP contribution < -0.4 is 16.2 Å². The highest BCUT2D eigenvalue weighted by Crippen LogP contribution is 2.30. The summed E-state index contributed by atoms with van der Waals surface area (Å²) in [7, 11) is 0. The minimum atomic E-state index is -0.676.